The topological polar surface area (TPSA) is 42.2 Å². The Labute approximate surface area is 120 Å². The van der Waals surface area contributed by atoms with Crippen LogP contribution in [0.2, 0.25) is 0 Å². The molecule has 1 aromatic rings. The first-order valence-electron chi connectivity index (χ1n) is 7.23. The summed E-state index contributed by atoms with van der Waals surface area (Å²) >= 11 is 0. The molecule has 1 saturated heterocycles. The van der Waals surface area contributed by atoms with E-state index in [1.807, 2.05) is 12.1 Å². The summed E-state index contributed by atoms with van der Waals surface area (Å²) in [5.41, 5.74) is 1.62. The number of benzene rings is 1. The molecule has 0 saturated carbocycles. The van der Waals surface area contributed by atoms with Crippen LogP contribution in [0.5, 0.6) is 0 Å². The van der Waals surface area contributed by atoms with Gasteiger partial charge in [0.2, 0.25) is 0 Å². The van der Waals surface area contributed by atoms with Crippen LogP contribution in [0.1, 0.15) is 43.6 Å². The van der Waals surface area contributed by atoms with Crippen LogP contribution in [0.4, 0.5) is 0 Å². The van der Waals surface area contributed by atoms with Gasteiger partial charge in [0.1, 0.15) is 0 Å². The highest BCUT2D eigenvalue weighted by Gasteiger charge is 2.21. The number of rotatable bonds is 5. The number of hydrogen-bond acceptors (Lipinski definition) is 3. The summed E-state index contributed by atoms with van der Waals surface area (Å²) < 4.78 is 11.5. The van der Waals surface area contributed by atoms with Crippen LogP contribution in [0.25, 0.3) is 0 Å². The van der Waals surface area contributed by atoms with E-state index in [9.17, 15) is 0 Å². The van der Waals surface area contributed by atoms with E-state index < -0.39 is 0 Å². The molecule has 20 heavy (non-hydrogen) atoms. The van der Waals surface area contributed by atoms with Crippen LogP contribution in [0, 0.1) is 17.2 Å². The molecule has 0 unspecified atom stereocenters. The molecular weight excluding hydrogens is 250 g/mol. The number of allylic oxidation sites excluding steroid dienone is 1. The van der Waals surface area contributed by atoms with Gasteiger partial charge in [0.25, 0.3) is 0 Å². The molecule has 1 aliphatic rings. The number of nitriles is 1. The van der Waals surface area contributed by atoms with Crippen LogP contribution in [-0.4, -0.2) is 13.2 Å². The van der Waals surface area contributed by atoms with Gasteiger partial charge in [0, 0.05) is 11.5 Å². The van der Waals surface area contributed by atoms with E-state index in [1.165, 1.54) is 12.8 Å². The summed E-state index contributed by atoms with van der Waals surface area (Å²) in [6.45, 7) is 3.57. The van der Waals surface area contributed by atoms with Gasteiger partial charge in [0.05, 0.1) is 24.8 Å². The van der Waals surface area contributed by atoms with E-state index in [4.69, 9.17) is 14.7 Å². The molecule has 0 atom stereocenters. The summed E-state index contributed by atoms with van der Waals surface area (Å²) in [7, 11) is 0. The highest BCUT2D eigenvalue weighted by molar-refractivity contribution is 5.32. The Morgan fingerprint density at radius 2 is 1.95 bits per heavy atom. The zero-order valence-corrected chi connectivity index (χ0v) is 11.9. The summed E-state index contributed by atoms with van der Waals surface area (Å²) in [4.78, 5) is 0. The molecule has 0 amide bonds. The van der Waals surface area contributed by atoms with E-state index in [2.05, 4.69) is 25.1 Å². The van der Waals surface area contributed by atoms with Crippen LogP contribution < -0.4 is 0 Å². The second-order valence-electron chi connectivity index (χ2n) is 5.06. The Morgan fingerprint density at radius 1 is 1.25 bits per heavy atom. The molecule has 106 valence electrons. The molecule has 1 fully saturated rings. The van der Waals surface area contributed by atoms with Crippen molar-refractivity contribution >= 4 is 0 Å². The largest absolute Gasteiger partial charge is 0.348 e. The average molecular weight is 271 g/mol. The smallest absolute Gasteiger partial charge is 0.183 e. The minimum atomic E-state index is -0.303. The average Bonchev–Trinajstić information content (AvgIpc) is 2.52. The van der Waals surface area contributed by atoms with Crippen molar-refractivity contribution in [3.8, 4) is 6.07 Å². The fraction of sp³-hybridized carbons (Fsp3) is 0.471. The van der Waals surface area contributed by atoms with Gasteiger partial charge in [-0.2, -0.15) is 5.26 Å². The lowest BCUT2D eigenvalue weighted by molar-refractivity contribution is -0.197. The van der Waals surface area contributed by atoms with Crippen molar-refractivity contribution in [2.75, 3.05) is 13.2 Å². The maximum atomic E-state index is 8.77. The van der Waals surface area contributed by atoms with Gasteiger partial charge in [-0.05, 0) is 18.6 Å². The lowest BCUT2D eigenvalue weighted by atomic mass is 10.1. The van der Waals surface area contributed by atoms with Crippen molar-refractivity contribution in [2.24, 2.45) is 5.92 Å². The Balaban J connectivity index is 1.81. The van der Waals surface area contributed by atoms with Crippen molar-refractivity contribution in [1.29, 1.82) is 5.26 Å². The number of nitrogens with zero attached hydrogens (tertiary/aromatic N) is 1. The van der Waals surface area contributed by atoms with Gasteiger partial charge in [-0.15, -0.1) is 0 Å². The van der Waals surface area contributed by atoms with E-state index in [0.717, 1.165) is 12.0 Å². The molecule has 0 aromatic heterocycles. The Kier molecular flexibility index (Phi) is 5.79. The molecule has 1 heterocycles. The van der Waals surface area contributed by atoms with Crippen molar-refractivity contribution in [1.82, 2.24) is 0 Å². The molecule has 0 N–H and O–H groups in total. The second kappa shape index (κ2) is 7.84. The fourth-order valence-electron chi connectivity index (χ4n) is 2.15. The molecule has 0 bridgehead atoms. The maximum absolute atomic E-state index is 8.77. The van der Waals surface area contributed by atoms with E-state index in [1.54, 1.807) is 12.1 Å². The third-order valence-electron chi connectivity index (χ3n) is 3.37. The predicted molar refractivity (Wildman–Crippen MR) is 78.0 cm³/mol. The second-order valence-corrected chi connectivity index (χ2v) is 5.06. The monoisotopic (exact) mass is 271 g/mol. The zero-order valence-electron chi connectivity index (χ0n) is 11.9. The normalized spacial score (nSPS) is 22.8. The lowest BCUT2D eigenvalue weighted by Gasteiger charge is -2.28. The SMILES string of the molecule is CCCCC=CC1COC(c2ccc(C#N)cc2)OC1. The first-order chi connectivity index (χ1) is 9.83. The summed E-state index contributed by atoms with van der Waals surface area (Å²) in [5, 5.41) is 8.77. The molecule has 1 aromatic carbocycles. The van der Waals surface area contributed by atoms with Gasteiger partial charge < -0.3 is 9.47 Å². The van der Waals surface area contributed by atoms with Gasteiger partial charge in [-0.3, -0.25) is 0 Å². The summed E-state index contributed by atoms with van der Waals surface area (Å²) in [6, 6.07) is 9.47. The van der Waals surface area contributed by atoms with E-state index in [-0.39, 0.29) is 6.29 Å². The summed E-state index contributed by atoms with van der Waals surface area (Å²) in [6.07, 6.45) is 7.71. The first kappa shape index (κ1) is 14.8. The lowest BCUT2D eigenvalue weighted by Crippen LogP contribution is -2.25. The minimum Gasteiger partial charge on any atom is -0.348 e. The van der Waals surface area contributed by atoms with Crippen LogP contribution in [0.15, 0.2) is 36.4 Å². The van der Waals surface area contributed by atoms with Gasteiger partial charge in [-0.25, -0.2) is 0 Å². The molecule has 1 aliphatic heterocycles. The number of hydrogen-bond donors (Lipinski definition) is 0. The molecule has 3 heteroatoms. The van der Waals surface area contributed by atoms with Crippen LogP contribution >= 0.6 is 0 Å². The zero-order chi connectivity index (χ0) is 14.2. The highest BCUT2D eigenvalue weighted by Crippen LogP contribution is 2.25. The third kappa shape index (κ3) is 4.19. The quantitative estimate of drug-likeness (QED) is 0.601. The van der Waals surface area contributed by atoms with Crippen molar-refractivity contribution < 1.29 is 9.47 Å². The Hall–Kier alpha value is -1.63. The first-order valence-corrected chi connectivity index (χ1v) is 7.23. The highest BCUT2D eigenvalue weighted by atomic mass is 16.7. The van der Waals surface area contributed by atoms with Gasteiger partial charge >= 0.3 is 0 Å². The van der Waals surface area contributed by atoms with Crippen molar-refractivity contribution in [3.63, 3.8) is 0 Å². The Morgan fingerprint density at radius 3 is 2.55 bits per heavy atom. The number of unbranched alkanes of at least 4 members (excludes halogenated alkanes) is 2. The maximum Gasteiger partial charge on any atom is 0.183 e. The third-order valence-corrected chi connectivity index (χ3v) is 3.37. The van der Waals surface area contributed by atoms with Crippen molar-refractivity contribution in [2.45, 2.75) is 32.5 Å². The van der Waals surface area contributed by atoms with E-state index in [0.29, 0.717) is 24.7 Å². The fourth-order valence-corrected chi connectivity index (χ4v) is 2.15. The van der Waals surface area contributed by atoms with E-state index >= 15 is 0 Å². The Bertz CT molecular complexity index is 465. The van der Waals surface area contributed by atoms with Crippen LogP contribution in [-0.2, 0) is 9.47 Å². The van der Waals surface area contributed by atoms with Gasteiger partial charge in [0.15, 0.2) is 6.29 Å². The molecule has 0 spiro atoms. The molecule has 0 radical (unpaired) electrons. The molecule has 0 aliphatic carbocycles. The summed E-state index contributed by atoms with van der Waals surface area (Å²) in [5.74, 6) is 0.349. The van der Waals surface area contributed by atoms with Crippen LogP contribution in [0.3, 0.4) is 0 Å². The van der Waals surface area contributed by atoms with Gasteiger partial charge in [-0.1, -0.05) is 44.1 Å². The molecule has 3 nitrogen and oxygen atoms in total. The predicted octanol–water partition coefficient (Wildman–Crippen LogP) is 3.97. The molecular formula is C17H21NO2. The minimum absolute atomic E-state index is 0.303. The standard InChI is InChI=1S/C17H21NO2/c1-2-3-4-5-6-15-12-19-17(20-13-15)16-9-7-14(11-18)8-10-16/h5-10,15,17H,2-4,12-13H2,1H3. The molecule has 2 rings (SSSR count). The van der Waals surface area contributed by atoms with Crippen molar-refractivity contribution in [3.05, 3.63) is 47.5 Å². The number of ether oxygens (including phenoxy) is 2.